The third-order valence-corrected chi connectivity index (χ3v) is 3.89. The third-order valence-electron chi connectivity index (χ3n) is 2.59. The van der Waals surface area contributed by atoms with Crippen LogP contribution >= 0.6 is 27.5 Å². The molecular weight excluding hydrogens is 334 g/mol. The fraction of sp³-hybridized carbons (Fsp3) is 0.385. The van der Waals surface area contributed by atoms with Crippen molar-refractivity contribution in [1.82, 2.24) is 4.90 Å². The third kappa shape index (κ3) is 3.94. The Morgan fingerprint density at radius 2 is 2.05 bits per heavy atom. The van der Waals surface area contributed by atoms with Crippen LogP contribution in [0.25, 0.3) is 0 Å². The monoisotopic (exact) mass is 347 g/mol. The SMILES string of the molecule is COC(=O)CN(C(=O)c1cccc(Br)c1Cl)C(C)C. The Morgan fingerprint density at radius 3 is 2.58 bits per heavy atom. The molecule has 6 heteroatoms. The van der Waals surface area contributed by atoms with Gasteiger partial charge in [0.15, 0.2) is 0 Å². The standard InChI is InChI=1S/C13H15BrClNO3/c1-8(2)16(7-11(17)19-3)13(18)9-5-4-6-10(14)12(9)15/h4-6,8H,7H2,1-3H3. The van der Waals surface area contributed by atoms with Crippen LogP contribution in [0.4, 0.5) is 0 Å². The fourth-order valence-electron chi connectivity index (χ4n) is 1.52. The van der Waals surface area contributed by atoms with Gasteiger partial charge in [-0.2, -0.15) is 0 Å². The number of benzene rings is 1. The normalized spacial score (nSPS) is 10.4. The molecule has 0 fully saturated rings. The zero-order valence-corrected chi connectivity index (χ0v) is 13.3. The number of methoxy groups -OCH3 is 1. The van der Waals surface area contributed by atoms with E-state index in [2.05, 4.69) is 20.7 Å². The molecule has 0 aromatic heterocycles. The zero-order valence-electron chi connectivity index (χ0n) is 10.9. The predicted molar refractivity (Wildman–Crippen MR) is 77.3 cm³/mol. The maximum Gasteiger partial charge on any atom is 0.325 e. The van der Waals surface area contributed by atoms with E-state index in [1.807, 2.05) is 13.8 Å². The number of halogens is 2. The van der Waals surface area contributed by atoms with Crippen LogP contribution in [0.3, 0.4) is 0 Å². The lowest BCUT2D eigenvalue weighted by molar-refractivity contribution is -0.141. The Balaban J connectivity index is 3.06. The smallest absolute Gasteiger partial charge is 0.325 e. The van der Waals surface area contributed by atoms with Gasteiger partial charge in [-0.15, -0.1) is 0 Å². The van der Waals surface area contributed by atoms with Crippen molar-refractivity contribution in [3.63, 3.8) is 0 Å². The molecule has 0 unspecified atom stereocenters. The largest absolute Gasteiger partial charge is 0.468 e. The van der Waals surface area contributed by atoms with Gasteiger partial charge in [0, 0.05) is 10.5 Å². The Kier molecular flexibility index (Phi) is 5.82. The molecule has 0 aliphatic carbocycles. The first-order chi connectivity index (χ1) is 8.88. The van der Waals surface area contributed by atoms with Crippen molar-refractivity contribution in [2.45, 2.75) is 19.9 Å². The molecule has 1 rings (SSSR count). The topological polar surface area (TPSA) is 46.6 Å². The Hall–Kier alpha value is -1.07. The molecule has 0 N–H and O–H groups in total. The van der Waals surface area contributed by atoms with Gasteiger partial charge >= 0.3 is 5.97 Å². The summed E-state index contributed by atoms with van der Waals surface area (Å²) in [5, 5.41) is 0.336. The Bertz CT molecular complexity index is 491. The maximum absolute atomic E-state index is 12.4. The van der Waals surface area contributed by atoms with Gasteiger partial charge in [-0.05, 0) is 41.9 Å². The highest BCUT2D eigenvalue weighted by molar-refractivity contribution is 9.10. The molecular formula is C13H15BrClNO3. The highest BCUT2D eigenvalue weighted by Crippen LogP contribution is 2.27. The minimum absolute atomic E-state index is 0.101. The molecule has 0 saturated heterocycles. The minimum atomic E-state index is -0.465. The van der Waals surface area contributed by atoms with Gasteiger partial charge in [0.2, 0.25) is 0 Å². The second-order valence-electron chi connectivity index (χ2n) is 4.20. The van der Waals surface area contributed by atoms with E-state index in [1.165, 1.54) is 12.0 Å². The number of amides is 1. The second kappa shape index (κ2) is 6.91. The molecule has 0 spiro atoms. The number of rotatable bonds is 4. The molecule has 1 aromatic carbocycles. The number of hydrogen-bond donors (Lipinski definition) is 0. The van der Waals surface area contributed by atoms with Gasteiger partial charge < -0.3 is 9.64 Å². The molecule has 0 heterocycles. The lowest BCUT2D eigenvalue weighted by Crippen LogP contribution is -2.41. The summed E-state index contributed by atoms with van der Waals surface area (Å²) in [5.41, 5.74) is 0.355. The van der Waals surface area contributed by atoms with E-state index in [9.17, 15) is 9.59 Å². The van der Waals surface area contributed by atoms with Crippen LogP contribution in [0.5, 0.6) is 0 Å². The van der Waals surface area contributed by atoms with E-state index in [1.54, 1.807) is 18.2 Å². The van der Waals surface area contributed by atoms with Gasteiger partial charge in [-0.1, -0.05) is 17.7 Å². The summed E-state index contributed by atoms with van der Waals surface area (Å²) < 4.78 is 5.24. The van der Waals surface area contributed by atoms with Crippen molar-refractivity contribution in [3.8, 4) is 0 Å². The van der Waals surface area contributed by atoms with E-state index < -0.39 is 5.97 Å². The number of nitrogens with zero attached hydrogens (tertiary/aromatic N) is 1. The predicted octanol–water partition coefficient (Wildman–Crippen LogP) is 3.13. The van der Waals surface area contributed by atoms with Crippen LogP contribution in [0.2, 0.25) is 5.02 Å². The van der Waals surface area contributed by atoms with Gasteiger partial charge in [0.1, 0.15) is 6.54 Å². The van der Waals surface area contributed by atoms with Gasteiger partial charge in [0.25, 0.3) is 5.91 Å². The van der Waals surface area contributed by atoms with Gasteiger partial charge in [-0.3, -0.25) is 9.59 Å². The molecule has 0 aliphatic heterocycles. The van der Waals surface area contributed by atoms with Crippen molar-refractivity contribution >= 4 is 39.4 Å². The van der Waals surface area contributed by atoms with Crippen LogP contribution in [0, 0.1) is 0 Å². The first-order valence-electron chi connectivity index (χ1n) is 5.70. The van der Waals surface area contributed by atoms with Crippen LogP contribution in [0.15, 0.2) is 22.7 Å². The van der Waals surface area contributed by atoms with E-state index >= 15 is 0 Å². The van der Waals surface area contributed by atoms with E-state index in [0.29, 0.717) is 15.1 Å². The summed E-state index contributed by atoms with van der Waals surface area (Å²) in [5.74, 6) is -0.764. The summed E-state index contributed by atoms with van der Waals surface area (Å²) in [4.78, 5) is 25.2. The van der Waals surface area contributed by atoms with Crippen molar-refractivity contribution in [2.75, 3.05) is 13.7 Å². The molecule has 0 atom stereocenters. The average molecular weight is 349 g/mol. The minimum Gasteiger partial charge on any atom is -0.468 e. The first-order valence-corrected chi connectivity index (χ1v) is 6.87. The molecule has 19 heavy (non-hydrogen) atoms. The molecule has 1 amide bonds. The van der Waals surface area contributed by atoms with Crippen molar-refractivity contribution in [1.29, 1.82) is 0 Å². The lowest BCUT2D eigenvalue weighted by atomic mass is 10.1. The molecule has 0 saturated carbocycles. The highest BCUT2D eigenvalue weighted by atomic mass is 79.9. The van der Waals surface area contributed by atoms with Crippen LogP contribution in [-0.2, 0) is 9.53 Å². The fourth-order valence-corrected chi connectivity index (χ4v) is 2.09. The molecule has 0 radical (unpaired) electrons. The Labute approximate surface area is 125 Å². The molecule has 4 nitrogen and oxygen atoms in total. The van der Waals surface area contributed by atoms with Crippen LogP contribution < -0.4 is 0 Å². The maximum atomic E-state index is 12.4. The summed E-state index contributed by atoms with van der Waals surface area (Å²) >= 11 is 9.37. The van der Waals surface area contributed by atoms with Crippen LogP contribution in [-0.4, -0.2) is 36.5 Å². The first kappa shape index (κ1) is 16.0. The van der Waals surface area contributed by atoms with E-state index in [4.69, 9.17) is 11.6 Å². The van der Waals surface area contributed by atoms with Gasteiger partial charge in [0.05, 0.1) is 17.7 Å². The zero-order chi connectivity index (χ0) is 14.6. The number of carbonyl (C=O) groups excluding carboxylic acids is 2. The lowest BCUT2D eigenvalue weighted by Gasteiger charge is -2.26. The average Bonchev–Trinajstić information content (AvgIpc) is 2.37. The molecule has 0 aliphatic rings. The van der Waals surface area contributed by atoms with E-state index in [0.717, 1.165) is 0 Å². The summed E-state index contributed by atoms with van der Waals surface area (Å²) in [6, 6.07) is 4.96. The van der Waals surface area contributed by atoms with Crippen molar-refractivity contribution in [3.05, 3.63) is 33.3 Å². The number of ether oxygens (including phenoxy) is 1. The second-order valence-corrected chi connectivity index (χ2v) is 5.44. The number of esters is 1. The quantitative estimate of drug-likeness (QED) is 0.785. The summed E-state index contributed by atoms with van der Waals surface area (Å²) in [7, 11) is 1.29. The molecule has 104 valence electrons. The van der Waals surface area contributed by atoms with E-state index in [-0.39, 0.29) is 18.5 Å². The number of hydrogen-bond acceptors (Lipinski definition) is 3. The van der Waals surface area contributed by atoms with Crippen LogP contribution in [0.1, 0.15) is 24.2 Å². The van der Waals surface area contributed by atoms with Crippen molar-refractivity contribution in [2.24, 2.45) is 0 Å². The Morgan fingerprint density at radius 1 is 1.42 bits per heavy atom. The molecule has 1 aromatic rings. The van der Waals surface area contributed by atoms with Gasteiger partial charge in [-0.25, -0.2) is 0 Å². The number of carbonyl (C=O) groups is 2. The summed E-state index contributed by atoms with van der Waals surface area (Å²) in [6.45, 7) is 3.55. The summed E-state index contributed by atoms with van der Waals surface area (Å²) in [6.07, 6.45) is 0. The highest BCUT2D eigenvalue weighted by Gasteiger charge is 2.24. The van der Waals surface area contributed by atoms with Crippen molar-refractivity contribution < 1.29 is 14.3 Å². The molecule has 0 bridgehead atoms.